The standard InChI is InChI=1S/C16H23BrN2O/c1-16(2)14(18)7-4-10-19(16)15(20)9-8-12-5-3-6-13(17)11-12/h3,5-6,11,14H,4,7-10,18H2,1-2H3. The summed E-state index contributed by atoms with van der Waals surface area (Å²) in [4.78, 5) is 14.4. The summed E-state index contributed by atoms with van der Waals surface area (Å²) in [5.41, 5.74) is 7.13. The summed E-state index contributed by atoms with van der Waals surface area (Å²) in [6.45, 7) is 4.99. The first-order chi connectivity index (χ1) is 9.41. The van der Waals surface area contributed by atoms with E-state index in [0.29, 0.717) is 6.42 Å². The van der Waals surface area contributed by atoms with Crippen LogP contribution in [0.1, 0.15) is 38.7 Å². The number of piperidine rings is 1. The summed E-state index contributed by atoms with van der Waals surface area (Å²) in [6.07, 6.45) is 3.34. The molecule has 1 heterocycles. The van der Waals surface area contributed by atoms with Crippen LogP contribution in [-0.4, -0.2) is 28.9 Å². The van der Waals surface area contributed by atoms with Crippen molar-refractivity contribution < 1.29 is 4.79 Å². The van der Waals surface area contributed by atoms with Crippen LogP contribution in [0.2, 0.25) is 0 Å². The molecule has 0 bridgehead atoms. The molecule has 1 unspecified atom stereocenters. The second-order valence-corrected chi connectivity index (χ2v) is 6.99. The van der Waals surface area contributed by atoms with Crippen LogP contribution in [-0.2, 0) is 11.2 Å². The maximum absolute atomic E-state index is 12.5. The fraction of sp³-hybridized carbons (Fsp3) is 0.562. The number of rotatable bonds is 3. The molecule has 1 aliphatic heterocycles. The summed E-state index contributed by atoms with van der Waals surface area (Å²) in [7, 11) is 0. The topological polar surface area (TPSA) is 46.3 Å². The lowest BCUT2D eigenvalue weighted by atomic mass is 9.85. The first-order valence-electron chi connectivity index (χ1n) is 7.22. The van der Waals surface area contributed by atoms with Crippen LogP contribution in [0.4, 0.5) is 0 Å². The van der Waals surface area contributed by atoms with E-state index in [-0.39, 0.29) is 17.5 Å². The maximum atomic E-state index is 12.5. The third-order valence-electron chi connectivity index (χ3n) is 4.32. The van der Waals surface area contributed by atoms with Crippen LogP contribution in [0, 0.1) is 0 Å². The largest absolute Gasteiger partial charge is 0.336 e. The van der Waals surface area contributed by atoms with Gasteiger partial charge in [-0.2, -0.15) is 0 Å². The average molecular weight is 339 g/mol. The van der Waals surface area contributed by atoms with Gasteiger partial charge in [0.25, 0.3) is 0 Å². The Morgan fingerprint density at radius 1 is 1.50 bits per heavy atom. The molecule has 20 heavy (non-hydrogen) atoms. The lowest BCUT2D eigenvalue weighted by molar-refractivity contribution is -0.139. The van der Waals surface area contributed by atoms with Gasteiger partial charge in [-0.3, -0.25) is 4.79 Å². The van der Waals surface area contributed by atoms with Crippen molar-refractivity contribution in [3.8, 4) is 0 Å². The molecule has 1 aliphatic rings. The maximum Gasteiger partial charge on any atom is 0.223 e. The van der Waals surface area contributed by atoms with E-state index in [2.05, 4.69) is 41.9 Å². The minimum Gasteiger partial charge on any atom is -0.336 e. The Labute approximate surface area is 129 Å². The zero-order valence-corrected chi connectivity index (χ0v) is 13.8. The minimum absolute atomic E-state index is 0.0751. The number of nitrogens with two attached hydrogens (primary N) is 1. The van der Waals surface area contributed by atoms with E-state index in [0.717, 1.165) is 30.3 Å². The molecule has 2 rings (SSSR count). The van der Waals surface area contributed by atoms with Crippen molar-refractivity contribution in [3.63, 3.8) is 0 Å². The first-order valence-corrected chi connectivity index (χ1v) is 8.01. The highest BCUT2D eigenvalue weighted by Gasteiger charge is 2.38. The second-order valence-electron chi connectivity index (χ2n) is 6.08. The van der Waals surface area contributed by atoms with E-state index in [1.165, 1.54) is 5.56 Å². The van der Waals surface area contributed by atoms with Crippen molar-refractivity contribution in [2.24, 2.45) is 5.73 Å². The molecule has 0 saturated carbocycles. The Kier molecular flexibility index (Phi) is 4.86. The van der Waals surface area contributed by atoms with Crippen LogP contribution >= 0.6 is 15.9 Å². The van der Waals surface area contributed by atoms with Gasteiger partial charge < -0.3 is 10.6 Å². The fourth-order valence-electron chi connectivity index (χ4n) is 2.84. The SMILES string of the molecule is CC1(C)C(N)CCCN1C(=O)CCc1cccc(Br)c1. The molecule has 1 atom stereocenters. The number of hydrogen-bond donors (Lipinski definition) is 1. The van der Waals surface area contributed by atoms with E-state index in [1.54, 1.807) is 0 Å². The average Bonchev–Trinajstić information content (AvgIpc) is 2.39. The van der Waals surface area contributed by atoms with E-state index < -0.39 is 0 Å². The third-order valence-corrected chi connectivity index (χ3v) is 4.81. The summed E-state index contributed by atoms with van der Waals surface area (Å²) < 4.78 is 1.06. The number of likely N-dealkylation sites (tertiary alicyclic amines) is 1. The van der Waals surface area contributed by atoms with Gasteiger partial charge in [0.1, 0.15) is 0 Å². The molecular weight excluding hydrogens is 316 g/mol. The number of amides is 1. The summed E-state index contributed by atoms with van der Waals surface area (Å²) >= 11 is 3.46. The number of hydrogen-bond acceptors (Lipinski definition) is 2. The number of carbonyl (C=O) groups is 1. The molecule has 4 heteroatoms. The van der Waals surface area contributed by atoms with E-state index >= 15 is 0 Å². The molecule has 0 aliphatic carbocycles. The zero-order chi connectivity index (χ0) is 14.8. The molecule has 1 fully saturated rings. The Morgan fingerprint density at radius 2 is 2.25 bits per heavy atom. The molecule has 1 saturated heterocycles. The Morgan fingerprint density at radius 3 is 2.95 bits per heavy atom. The summed E-state index contributed by atoms with van der Waals surface area (Å²) in [5.74, 6) is 0.213. The second kappa shape index (κ2) is 6.27. The van der Waals surface area contributed by atoms with E-state index in [4.69, 9.17) is 5.73 Å². The van der Waals surface area contributed by atoms with Crippen molar-refractivity contribution in [2.75, 3.05) is 6.54 Å². The van der Waals surface area contributed by atoms with Gasteiger partial charge in [-0.15, -0.1) is 0 Å². The molecule has 0 radical (unpaired) electrons. The van der Waals surface area contributed by atoms with Gasteiger partial charge >= 0.3 is 0 Å². The fourth-order valence-corrected chi connectivity index (χ4v) is 3.28. The van der Waals surface area contributed by atoms with E-state index in [1.807, 2.05) is 17.0 Å². The lowest BCUT2D eigenvalue weighted by Crippen LogP contribution is -2.61. The van der Waals surface area contributed by atoms with Crippen molar-refractivity contribution in [1.29, 1.82) is 0 Å². The molecule has 110 valence electrons. The van der Waals surface area contributed by atoms with Crippen molar-refractivity contribution in [3.05, 3.63) is 34.3 Å². The molecule has 1 aromatic rings. The van der Waals surface area contributed by atoms with Crippen molar-refractivity contribution >= 4 is 21.8 Å². The molecule has 0 spiro atoms. The van der Waals surface area contributed by atoms with Crippen LogP contribution < -0.4 is 5.73 Å². The molecule has 3 nitrogen and oxygen atoms in total. The Hall–Kier alpha value is -0.870. The number of halogens is 1. The van der Waals surface area contributed by atoms with Crippen LogP contribution in [0.25, 0.3) is 0 Å². The van der Waals surface area contributed by atoms with Crippen LogP contribution in [0.5, 0.6) is 0 Å². The summed E-state index contributed by atoms with van der Waals surface area (Å²) in [6, 6.07) is 8.21. The van der Waals surface area contributed by atoms with Crippen molar-refractivity contribution in [1.82, 2.24) is 4.90 Å². The smallest absolute Gasteiger partial charge is 0.223 e. The normalized spacial score (nSPS) is 21.8. The van der Waals surface area contributed by atoms with Gasteiger partial charge in [0.05, 0.1) is 5.54 Å². The molecular formula is C16H23BrN2O. The predicted molar refractivity (Wildman–Crippen MR) is 85.5 cm³/mol. The highest BCUT2D eigenvalue weighted by atomic mass is 79.9. The number of nitrogens with zero attached hydrogens (tertiary/aromatic N) is 1. The highest BCUT2D eigenvalue weighted by Crippen LogP contribution is 2.27. The first kappa shape index (κ1) is 15.5. The van der Waals surface area contributed by atoms with Gasteiger partial charge in [-0.1, -0.05) is 28.1 Å². The van der Waals surface area contributed by atoms with Gasteiger partial charge in [0.15, 0.2) is 0 Å². The van der Waals surface area contributed by atoms with Crippen LogP contribution in [0.15, 0.2) is 28.7 Å². The number of carbonyl (C=O) groups excluding carboxylic acids is 1. The molecule has 0 aromatic heterocycles. The third kappa shape index (κ3) is 3.41. The zero-order valence-electron chi connectivity index (χ0n) is 12.2. The molecule has 1 aromatic carbocycles. The van der Waals surface area contributed by atoms with Gasteiger partial charge in [-0.05, 0) is 50.8 Å². The quantitative estimate of drug-likeness (QED) is 0.920. The lowest BCUT2D eigenvalue weighted by Gasteiger charge is -2.46. The van der Waals surface area contributed by atoms with Gasteiger partial charge in [0.2, 0.25) is 5.91 Å². The highest BCUT2D eigenvalue weighted by molar-refractivity contribution is 9.10. The number of benzene rings is 1. The number of aryl methyl sites for hydroxylation is 1. The van der Waals surface area contributed by atoms with Crippen LogP contribution in [0.3, 0.4) is 0 Å². The monoisotopic (exact) mass is 338 g/mol. The van der Waals surface area contributed by atoms with E-state index in [9.17, 15) is 4.79 Å². The minimum atomic E-state index is -0.230. The van der Waals surface area contributed by atoms with Gasteiger partial charge in [-0.25, -0.2) is 0 Å². The molecule has 2 N–H and O–H groups in total. The summed E-state index contributed by atoms with van der Waals surface area (Å²) in [5, 5.41) is 0. The van der Waals surface area contributed by atoms with Crippen molar-refractivity contribution in [2.45, 2.75) is 51.1 Å². The predicted octanol–water partition coefficient (Wildman–Crippen LogP) is 3.11. The van der Waals surface area contributed by atoms with Gasteiger partial charge in [0, 0.05) is 23.5 Å². The molecule has 1 amide bonds. The Bertz CT molecular complexity index is 487. The Balaban J connectivity index is 1.98.